The molecule has 5 rings (SSSR count). The lowest BCUT2D eigenvalue weighted by atomic mass is 9.97. The van der Waals surface area contributed by atoms with Crippen LogP contribution in [0.1, 0.15) is 35.2 Å². The van der Waals surface area contributed by atoms with Crippen molar-refractivity contribution in [1.82, 2.24) is 9.88 Å². The quantitative estimate of drug-likeness (QED) is 0.560. The van der Waals surface area contributed by atoms with Crippen LogP contribution in [0.15, 0.2) is 54.7 Å². The third-order valence-electron chi connectivity index (χ3n) is 6.98. The minimum atomic E-state index is 0.0160. The smallest absolute Gasteiger partial charge is 0.257 e. The van der Waals surface area contributed by atoms with E-state index in [0.29, 0.717) is 37.6 Å². The molecule has 178 valence electrons. The van der Waals surface area contributed by atoms with Gasteiger partial charge in [-0.1, -0.05) is 24.3 Å². The van der Waals surface area contributed by atoms with Gasteiger partial charge in [-0.15, -0.1) is 0 Å². The Hall–Kier alpha value is -3.12. The lowest BCUT2D eigenvalue weighted by Gasteiger charge is -2.30. The van der Waals surface area contributed by atoms with Crippen LogP contribution in [0.5, 0.6) is 5.75 Å². The summed E-state index contributed by atoms with van der Waals surface area (Å²) in [6.07, 6.45) is 6.34. The van der Waals surface area contributed by atoms with Crippen LogP contribution in [0.3, 0.4) is 0 Å². The molecule has 1 atom stereocenters. The van der Waals surface area contributed by atoms with Crippen molar-refractivity contribution < 1.29 is 14.3 Å². The van der Waals surface area contributed by atoms with Crippen molar-refractivity contribution in [3.8, 4) is 5.75 Å². The van der Waals surface area contributed by atoms with E-state index in [1.165, 1.54) is 24.8 Å². The molecule has 0 radical (unpaired) electrons. The van der Waals surface area contributed by atoms with E-state index >= 15 is 0 Å². The molecule has 6 heteroatoms. The minimum absolute atomic E-state index is 0.0160. The average Bonchev–Trinajstić information content (AvgIpc) is 3.14. The summed E-state index contributed by atoms with van der Waals surface area (Å²) < 4.78 is 11.5. The normalized spacial score (nSPS) is 19.1. The molecule has 3 heterocycles. The summed E-state index contributed by atoms with van der Waals surface area (Å²) in [5.41, 5.74) is 3.97. The summed E-state index contributed by atoms with van der Waals surface area (Å²) >= 11 is 0. The van der Waals surface area contributed by atoms with Gasteiger partial charge < -0.3 is 19.3 Å². The van der Waals surface area contributed by atoms with Crippen LogP contribution in [0.4, 0.5) is 5.69 Å². The van der Waals surface area contributed by atoms with Gasteiger partial charge >= 0.3 is 0 Å². The van der Waals surface area contributed by atoms with Crippen LogP contribution in [0.25, 0.3) is 10.9 Å². The summed E-state index contributed by atoms with van der Waals surface area (Å²) in [6, 6.07) is 16.4. The summed E-state index contributed by atoms with van der Waals surface area (Å²) in [5, 5.41) is 1.14. The monoisotopic (exact) mass is 459 g/mol. The van der Waals surface area contributed by atoms with E-state index in [-0.39, 0.29) is 11.8 Å². The van der Waals surface area contributed by atoms with Crippen LogP contribution in [-0.2, 0) is 11.2 Å². The van der Waals surface area contributed by atoms with Gasteiger partial charge in [0.15, 0.2) is 0 Å². The van der Waals surface area contributed by atoms with Crippen LogP contribution < -0.4 is 9.64 Å². The van der Waals surface area contributed by atoms with E-state index in [9.17, 15) is 4.79 Å². The number of carbonyl (C=O) groups is 1. The van der Waals surface area contributed by atoms with Gasteiger partial charge in [-0.25, -0.2) is 0 Å². The van der Waals surface area contributed by atoms with Crippen LogP contribution in [0.2, 0.25) is 0 Å². The van der Waals surface area contributed by atoms with Crippen LogP contribution >= 0.6 is 0 Å². The highest BCUT2D eigenvalue weighted by Crippen LogP contribution is 2.29. The summed E-state index contributed by atoms with van der Waals surface area (Å²) in [7, 11) is 1.63. The number of fused-ring (bicyclic) bond motifs is 1. The Balaban J connectivity index is 1.37. The molecule has 0 unspecified atom stereocenters. The van der Waals surface area contributed by atoms with E-state index in [4.69, 9.17) is 9.47 Å². The summed E-state index contributed by atoms with van der Waals surface area (Å²) in [5.74, 6) is 0.850. The van der Waals surface area contributed by atoms with Gasteiger partial charge in [-0.05, 0) is 55.5 Å². The largest absolute Gasteiger partial charge is 0.496 e. The highest BCUT2D eigenvalue weighted by Gasteiger charge is 2.27. The van der Waals surface area contributed by atoms with Crippen molar-refractivity contribution in [2.45, 2.75) is 25.7 Å². The molecule has 2 fully saturated rings. The number of hydrogen-bond donors (Lipinski definition) is 0. The van der Waals surface area contributed by atoms with Crippen molar-refractivity contribution in [1.29, 1.82) is 0 Å². The van der Waals surface area contributed by atoms with Crippen molar-refractivity contribution in [3.63, 3.8) is 0 Å². The zero-order valence-corrected chi connectivity index (χ0v) is 19.9. The predicted molar refractivity (Wildman–Crippen MR) is 135 cm³/mol. The number of amides is 1. The lowest BCUT2D eigenvalue weighted by molar-refractivity contribution is 0.0734. The predicted octanol–water partition coefficient (Wildman–Crippen LogP) is 4.57. The van der Waals surface area contributed by atoms with Crippen molar-refractivity contribution in [2.75, 3.05) is 51.4 Å². The molecule has 3 aromatic rings. The first-order valence-electron chi connectivity index (χ1n) is 12.4. The van der Waals surface area contributed by atoms with E-state index < -0.39 is 0 Å². The first-order valence-corrected chi connectivity index (χ1v) is 12.4. The van der Waals surface area contributed by atoms with Gasteiger partial charge in [-0.2, -0.15) is 0 Å². The molecule has 2 aromatic carbocycles. The van der Waals surface area contributed by atoms with E-state index in [0.717, 1.165) is 36.1 Å². The zero-order valence-electron chi connectivity index (χ0n) is 19.9. The number of anilines is 1. The Kier molecular flexibility index (Phi) is 6.95. The van der Waals surface area contributed by atoms with Crippen molar-refractivity contribution in [2.24, 2.45) is 5.92 Å². The number of aromatic nitrogens is 1. The Morgan fingerprint density at radius 3 is 2.79 bits per heavy atom. The second-order valence-electron chi connectivity index (χ2n) is 9.32. The van der Waals surface area contributed by atoms with Crippen molar-refractivity contribution >= 4 is 22.5 Å². The maximum Gasteiger partial charge on any atom is 0.257 e. The fourth-order valence-electron chi connectivity index (χ4n) is 5.21. The molecular weight excluding hydrogens is 426 g/mol. The van der Waals surface area contributed by atoms with Crippen LogP contribution in [-0.4, -0.2) is 62.3 Å². The molecule has 0 aliphatic carbocycles. The first kappa shape index (κ1) is 22.7. The Labute approximate surface area is 201 Å². The number of nitrogens with zero attached hydrogens (tertiary/aromatic N) is 3. The minimum Gasteiger partial charge on any atom is -0.496 e. The number of para-hydroxylation sites is 1. The van der Waals surface area contributed by atoms with Gasteiger partial charge in [0.2, 0.25) is 0 Å². The average molecular weight is 460 g/mol. The highest BCUT2D eigenvalue weighted by atomic mass is 16.5. The topological polar surface area (TPSA) is 54.9 Å². The highest BCUT2D eigenvalue weighted by molar-refractivity contribution is 5.98. The SMILES string of the molecule is COc1ccc(N2CCCCC2)cc1C(=O)N1CCOC[C@H](Cc2cccc3cccnc23)C1. The molecule has 1 amide bonds. The fourth-order valence-corrected chi connectivity index (χ4v) is 5.21. The number of pyridine rings is 1. The maximum absolute atomic E-state index is 13.7. The molecule has 0 saturated carbocycles. The molecule has 6 nitrogen and oxygen atoms in total. The number of piperidine rings is 1. The number of ether oxygens (including phenoxy) is 2. The third kappa shape index (κ3) is 4.87. The summed E-state index contributed by atoms with van der Waals surface area (Å²) in [4.78, 5) is 22.7. The number of hydrogen-bond acceptors (Lipinski definition) is 5. The van der Waals surface area contributed by atoms with Crippen LogP contribution in [0, 0.1) is 5.92 Å². The second kappa shape index (κ2) is 10.4. The molecule has 0 bridgehead atoms. The molecule has 0 N–H and O–H groups in total. The maximum atomic E-state index is 13.7. The fraction of sp³-hybridized carbons (Fsp3) is 0.429. The van der Waals surface area contributed by atoms with Gasteiger partial charge in [0.25, 0.3) is 5.91 Å². The van der Waals surface area contributed by atoms with E-state index in [1.807, 2.05) is 29.3 Å². The molecule has 2 aliphatic heterocycles. The summed E-state index contributed by atoms with van der Waals surface area (Å²) in [6.45, 7) is 4.50. The lowest BCUT2D eigenvalue weighted by Crippen LogP contribution is -2.37. The molecule has 0 spiro atoms. The zero-order chi connectivity index (χ0) is 23.3. The molecule has 2 aliphatic rings. The standard InChI is InChI=1S/C28H33N3O3/c1-33-26-11-10-24(30-13-3-2-4-14-30)18-25(26)28(32)31-15-16-34-20-21(19-31)17-23-8-5-7-22-9-6-12-29-27(22)23/h5-12,18,21H,2-4,13-17,19-20H2,1H3/t21-/m1/s1. The Morgan fingerprint density at radius 2 is 1.94 bits per heavy atom. The van der Waals surface area contributed by atoms with Gasteiger partial charge in [-0.3, -0.25) is 9.78 Å². The molecule has 2 saturated heterocycles. The number of benzene rings is 2. The van der Waals surface area contributed by atoms with Gasteiger partial charge in [0.05, 0.1) is 31.4 Å². The Morgan fingerprint density at radius 1 is 1.09 bits per heavy atom. The third-order valence-corrected chi connectivity index (χ3v) is 6.98. The van der Waals surface area contributed by atoms with Crippen molar-refractivity contribution in [3.05, 3.63) is 65.9 Å². The first-order chi connectivity index (χ1) is 16.7. The Bertz CT molecular complexity index is 1140. The second-order valence-corrected chi connectivity index (χ2v) is 9.32. The molecule has 34 heavy (non-hydrogen) atoms. The number of rotatable bonds is 5. The number of methoxy groups -OCH3 is 1. The molecular formula is C28H33N3O3. The number of carbonyl (C=O) groups excluding carboxylic acids is 1. The van der Waals surface area contributed by atoms with E-state index in [1.54, 1.807) is 7.11 Å². The van der Waals surface area contributed by atoms with Gasteiger partial charge in [0.1, 0.15) is 5.75 Å². The van der Waals surface area contributed by atoms with Gasteiger partial charge in [0, 0.05) is 49.4 Å². The molecule has 1 aromatic heterocycles. The van der Waals surface area contributed by atoms with E-state index in [2.05, 4.69) is 40.2 Å².